The second-order valence-electron chi connectivity index (χ2n) is 30.9. The number of methoxy groups -OCH3 is 2. The van der Waals surface area contributed by atoms with Gasteiger partial charge in [0.15, 0.2) is 5.82 Å². The van der Waals surface area contributed by atoms with Gasteiger partial charge in [-0.05, 0) is 170 Å². The van der Waals surface area contributed by atoms with Gasteiger partial charge in [0.1, 0.15) is 41.5 Å². The molecule has 3 fully saturated rings. The number of nitrogens with zero attached hydrogens (tertiary/aromatic N) is 8. The van der Waals surface area contributed by atoms with Gasteiger partial charge in [-0.1, -0.05) is 128 Å². The molecule has 5 amide bonds. The number of halogens is 3. The number of esters is 1. The maximum absolute atomic E-state index is 14.5. The lowest BCUT2D eigenvalue weighted by Crippen LogP contribution is -2.50. The van der Waals surface area contributed by atoms with Crippen LogP contribution >= 0.6 is 47.8 Å². The van der Waals surface area contributed by atoms with Gasteiger partial charge in [-0.2, -0.15) is 5.10 Å². The zero-order valence-electron chi connectivity index (χ0n) is 63.9. The number of phenolic OH excluding ortho intramolecular Hbond substituents is 2. The molecule has 23 nitrogen and oxygen atoms in total. The summed E-state index contributed by atoms with van der Waals surface area (Å²) in [4.78, 5) is 106. The number of amides is 5. The maximum Gasteiger partial charge on any atom is 0.310 e. The Morgan fingerprint density at radius 1 is 0.544 bits per heavy atom. The number of ether oxygens (including phenoxy) is 4. The third-order valence-corrected chi connectivity index (χ3v) is 26.4. The van der Waals surface area contributed by atoms with Gasteiger partial charge >= 0.3 is 11.9 Å². The van der Waals surface area contributed by atoms with Gasteiger partial charge in [0.05, 0.1) is 68.8 Å². The van der Waals surface area contributed by atoms with Crippen LogP contribution in [-0.2, 0) is 69.4 Å². The lowest BCUT2D eigenvalue weighted by atomic mass is 9.77. The van der Waals surface area contributed by atoms with Crippen molar-refractivity contribution < 1.29 is 67.8 Å². The van der Waals surface area contributed by atoms with Crippen LogP contribution < -0.4 is 24.4 Å². The number of carbonyl (C=O) groups is 7. The van der Waals surface area contributed by atoms with E-state index in [4.69, 9.17) is 18.9 Å². The molecule has 17 rings (SSSR count). The van der Waals surface area contributed by atoms with E-state index in [2.05, 4.69) is 68.2 Å². The molecule has 0 unspecified atom stereocenters. The molecule has 1 aromatic heterocycles. The molecule has 2 aliphatic carbocycles. The predicted molar refractivity (Wildman–Crippen MR) is 436 cm³/mol. The van der Waals surface area contributed by atoms with Gasteiger partial charge < -0.3 is 69.0 Å². The summed E-state index contributed by atoms with van der Waals surface area (Å²) in [5, 5.41) is 43.3. The first-order valence-electron chi connectivity index (χ1n) is 39.3. The highest BCUT2D eigenvalue weighted by molar-refractivity contribution is 9.11. The van der Waals surface area contributed by atoms with Gasteiger partial charge in [0.2, 0.25) is 11.8 Å². The number of hydrogen-bond acceptors (Lipinski definition) is 17. The highest BCUT2D eigenvalue weighted by Crippen LogP contribution is 2.48. The van der Waals surface area contributed by atoms with Crippen LogP contribution in [0.25, 0.3) is 0 Å². The van der Waals surface area contributed by atoms with Crippen molar-refractivity contribution in [3.63, 3.8) is 0 Å². The Kier molecular flexibility index (Phi) is 24.1. The van der Waals surface area contributed by atoms with E-state index in [0.717, 1.165) is 126 Å². The molecule has 2 saturated carbocycles. The zero-order valence-corrected chi connectivity index (χ0v) is 68.7. The minimum absolute atomic E-state index is 0.0165. The molecule has 0 bridgehead atoms. The smallest absolute Gasteiger partial charge is 0.310 e. The van der Waals surface area contributed by atoms with E-state index in [-0.39, 0.29) is 60.6 Å². The first-order chi connectivity index (χ1) is 55.2. The fraction of sp³-hybridized carbons (Fsp3) is 0.398. The summed E-state index contributed by atoms with van der Waals surface area (Å²) in [7, 11) is 3.12. The molecule has 8 aromatic rings. The van der Waals surface area contributed by atoms with Crippen LogP contribution in [0.1, 0.15) is 168 Å². The Morgan fingerprint density at radius 3 is 1.61 bits per heavy atom. The van der Waals surface area contributed by atoms with Crippen molar-refractivity contribution in [1.29, 1.82) is 0 Å². The van der Waals surface area contributed by atoms with Crippen LogP contribution in [0.2, 0.25) is 0 Å². The largest absolute Gasteiger partial charge is 0.508 e. The predicted octanol–water partition coefficient (Wildman–Crippen LogP) is 14.0. The minimum Gasteiger partial charge on any atom is -0.508 e. The van der Waals surface area contributed by atoms with E-state index in [1.54, 1.807) is 60.5 Å². The first-order valence-corrected chi connectivity index (χ1v) is 41.7. The minimum atomic E-state index is -0.909. The summed E-state index contributed by atoms with van der Waals surface area (Å²) in [6, 6.07) is 40.1. The molecule has 1 saturated heterocycles. The number of carbonyl (C=O) groups excluding carboxylic acids is 6. The lowest BCUT2D eigenvalue weighted by Gasteiger charge is -2.43. The molecule has 7 aliphatic heterocycles. The highest BCUT2D eigenvalue weighted by Gasteiger charge is 2.47. The average Bonchev–Trinajstić information content (AvgIpc) is 1.07. The van der Waals surface area contributed by atoms with Crippen LogP contribution in [0.4, 0.5) is 5.82 Å². The van der Waals surface area contributed by atoms with E-state index in [1.807, 2.05) is 125 Å². The Labute approximate surface area is 687 Å². The summed E-state index contributed by atoms with van der Waals surface area (Å²) in [5.74, 6) is -1.01. The van der Waals surface area contributed by atoms with Crippen molar-refractivity contribution in [2.75, 3.05) is 71.5 Å². The summed E-state index contributed by atoms with van der Waals surface area (Å²) in [6.45, 7) is 7.77. The number of nitrogens with one attached hydrogen (secondary N) is 1. The van der Waals surface area contributed by atoms with Crippen molar-refractivity contribution in [1.82, 2.24) is 40.0 Å². The zero-order chi connectivity index (χ0) is 79.6. The number of hydrogen-bond donors (Lipinski definition) is 4. The number of carboxylic acids is 1. The van der Waals surface area contributed by atoms with Crippen LogP contribution in [-0.4, -0.2) is 164 Å². The van der Waals surface area contributed by atoms with Crippen LogP contribution in [0, 0.1) is 30.6 Å². The molecule has 7 aromatic carbocycles. The molecule has 8 heterocycles. The number of benzene rings is 7. The first kappa shape index (κ1) is 79.3. The SMILES string of the molecule is COc1ccc(COC(=O)[C@H]2CCCC[C@H]2C(=O)N2CCc3c(Br)ccc(O)c3[C@H]2CN2Cc3ccccc3C2=O)c(OC)c1.Cc1cnnc(N2CC[C@H](Oc3ccc(Br)c4c3[C@@H](CN3Cc5ccccc5C3=O)N(C(=O)[C@@H]3CCCC[C@@H]3C(=O)O)CC4)C2)c1.O=C1c2ccccc2CN1C[C@H]1NCCc2c(Br)ccc(O)c21. The van der Waals surface area contributed by atoms with Crippen LogP contribution in [0.15, 0.2) is 153 Å². The van der Waals surface area contributed by atoms with Crippen molar-refractivity contribution in [3.8, 4) is 28.7 Å². The molecule has 0 radical (unpaired) electrons. The molecule has 594 valence electrons. The number of fused-ring (bicyclic) bond motifs is 6. The number of aryl methyl sites for hydroxylation is 1. The average molecular weight is 1740 g/mol. The molecule has 4 N–H and O–H groups in total. The fourth-order valence-corrected chi connectivity index (χ4v) is 20.0. The van der Waals surface area contributed by atoms with Crippen molar-refractivity contribution >= 4 is 95.1 Å². The number of carboxylic acid groups (broad SMARTS) is 1. The molecule has 8 atom stereocenters. The monoisotopic (exact) mass is 1740 g/mol. The van der Waals surface area contributed by atoms with Crippen LogP contribution in [0.5, 0.6) is 28.7 Å². The lowest BCUT2D eigenvalue weighted by molar-refractivity contribution is -0.159. The maximum atomic E-state index is 14.5. The van der Waals surface area contributed by atoms with E-state index < -0.39 is 47.7 Å². The van der Waals surface area contributed by atoms with Gasteiger partial charge in [-0.25, -0.2) is 0 Å². The third-order valence-electron chi connectivity index (χ3n) is 24.2. The molecule has 114 heavy (non-hydrogen) atoms. The normalized spacial score (nSPS) is 21.9. The molecular formula is C88H92Br3N9O14. The van der Waals surface area contributed by atoms with Crippen molar-refractivity contribution in [2.45, 2.75) is 134 Å². The van der Waals surface area contributed by atoms with Gasteiger partial charge in [-0.15, -0.1) is 5.10 Å². The number of phenols is 2. The van der Waals surface area contributed by atoms with E-state index in [0.29, 0.717) is 136 Å². The van der Waals surface area contributed by atoms with Gasteiger partial charge in [-0.3, -0.25) is 33.6 Å². The van der Waals surface area contributed by atoms with Crippen molar-refractivity contribution in [3.05, 3.63) is 231 Å². The van der Waals surface area contributed by atoms with E-state index in [1.165, 1.54) is 0 Å². The second-order valence-corrected chi connectivity index (χ2v) is 33.5. The Hall–Kier alpha value is -9.89. The quantitative estimate of drug-likeness (QED) is 0.0617. The van der Waals surface area contributed by atoms with E-state index >= 15 is 0 Å². The summed E-state index contributed by atoms with van der Waals surface area (Å²) < 4.78 is 26.1. The standard InChI is InChI=1S/C35H38BrN5O5.C35H37BrN2O7.C18H17BrN2O2/c1-21-16-31(38-37-17-21)39-14-12-23(19-39)46-30-11-10-28(36)27-13-15-41(34(43)25-8-4-5-9-26(25)35(44)45)29(32(27)30)20-40-18-22-6-2-3-7-24(22)33(40)42;1-43-23-12-11-22(31(17-23)44-2)20-45-35(42)26-10-6-5-9-25(26)34(41)38-16-15-27-28(36)13-14-30(39)32(27)29(38)19-37-18-21-7-3-4-8-24(21)33(37)40;19-14-5-6-16(22)17-13(14)7-8-20-15(17)10-21-9-11-3-1-2-4-12(11)18(21)23/h2-3,6-7,10-11,16-17,23,25-26,29H,4-5,8-9,12-15,18-20H2,1H3,(H,44,45);3-4,7-8,11-14,17,25-26,29,39H,5-6,9-10,15-16,18-20H2,1-2H3;1-6,15,20,22H,7-10H2/t23-,25+,26-,29+;25-,26+,29-;15-/m011/s1. The fourth-order valence-electron chi connectivity index (χ4n) is 18.4. The van der Waals surface area contributed by atoms with Crippen molar-refractivity contribution in [2.24, 2.45) is 23.7 Å². The Morgan fingerprint density at radius 2 is 1.05 bits per heavy atom. The topological polar surface area (TPSA) is 274 Å². The third kappa shape index (κ3) is 16.3. The Balaban J connectivity index is 0.000000142. The highest BCUT2D eigenvalue weighted by atomic mass is 79.9. The van der Waals surface area contributed by atoms with Crippen LogP contribution in [0.3, 0.4) is 0 Å². The number of aromatic nitrogens is 2. The Bertz CT molecular complexity index is 5050. The van der Waals surface area contributed by atoms with Gasteiger partial charge in [0.25, 0.3) is 17.7 Å². The molecule has 26 heteroatoms. The number of anilines is 1. The second kappa shape index (κ2) is 34.7. The summed E-state index contributed by atoms with van der Waals surface area (Å²) in [6.07, 6.45) is 9.94. The molecule has 0 spiro atoms. The van der Waals surface area contributed by atoms with E-state index in [9.17, 15) is 48.9 Å². The number of aliphatic carboxylic acids is 1. The number of rotatable bonds is 17. The molecular weight excluding hydrogens is 1650 g/mol. The van der Waals surface area contributed by atoms with Gasteiger partial charge in [0, 0.05) is 124 Å². The number of aromatic hydroxyl groups is 2. The molecule has 9 aliphatic rings. The summed E-state index contributed by atoms with van der Waals surface area (Å²) >= 11 is 11.0. The summed E-state index contributed by atoms with van der Waals surface area (Å²) in [5.41, 5.74) is 12.5.